The summed E-state index contributed by atoms with van der Waals surface area (Å²) >= 11 is 0. The Bertz CT molecular complexity index is 383. The summed E-state index contributed by atoms with van der Waals surface area (Å²) in [5.74, 6) is -2.12. The van der Waals surface area contributed by atoms with Crippen molar-refractivity contribution in [3.8, 4) is 0 Å². The highest BCUT2D eigenvalue weighted by molar-refractivity contribution is 5.94. The second-order valence-electron chi connectivity index (χ2n) is 3.66. The quantitative estimate of drug-likeness (QED) is 0.749. The van der Waals surface area contributed by atoms with Gasteiger partial charge in [0.1, 0.15) is 11.6 Å². The first-order chi connectivity index (χ1) is 8.15. The summed E-state index contributed by atoms with van der Waals surface area (Å²) in [5.41, 5.74) is -0.159. The van der Waals surface area contributed by atoms with Crippen molar-refractivity contribution in [1.82, 2.24) is 5.32 Å². The van der Waals surface area contributed by atoms with Gasteiger partial charge in [-0.05, 0) is 31.4 Å². The van der Waals surface area contributed by atoms with Crippen LogP contribution in [0.15, 0.2) is 18.2 Å². The van der Waals surface area contributed by atoms with Gasteiger partial charge >= 0.3 is 0 Å². The Morgan fingerprint density at radius 3 is 2.65 bits per heavy atom. The molecule has 0 fully saturated rings. The average Bonchev–Trinajstić information content (AvgIpc) is 2.28. The summed E-state index contributed by atoms with van der Waals surface area (Å²) in [6.07, 6.45) is 2.19. The minimum Gasteiger partial charge on any atom is -0.396 e. The number of unbranched alkanes of at least 4 members (excludes halogenated alkanes) is 2. The standard InChI is InChI=1S/C12H15F2NO2/c13-9-4-5-10(11(14)8-9)12(17)15-6-2-1-3-7-16/h4-5,8,16H,1-3,6-7H2,(H,15,17). The first-order valence-corrected chi connectivity index (χ1v) is 5.49. The minimum atomic E-state index is -0.863. The fourth-order valence-corrected chi connectivity index (χ4v) is 1.38. The minimum absolute atomic E-state index is 0.126. The summed E-state index contributed by atoms with van der Waals surface area (Å²) in [6, 6.07) is 2.85. The molecule has 2 N–H and O–H groups in total. The summed E-state index contributed by atoms with van der Waals surface area (Å²) in [5, 5.41) is 11.1. The first-order valence-electron chi connectivity index (χ1n) is 5.49. The average molecular weight is 243 g/mol. The van der Waals surface area contributed by atoms with Crippen LogP contribution in [-0.2, 0) is 0 Å². The molecule has 17 heavy (non-hydrogen) atoms. The molecule has 1 aromatic rings. The fraction of sp³-hybridized carbons (Fsp3) is 0.417. The smallest absolute Gasteiger partial charge is 0.254 e. The maximum Gasteiger partial charge on any atom is 0.254 e. The predicted molar refractivity (Wildman–Crippen MR) is 59.6 cm³/mol. The molecule has 94 valence electrons. The van der Waals surface area contributed by atoms with Crippen LogP contribution >= 0.6 is 0 Å². The Morgan fingerprint density at radius 2 is 2.00 bits per heavy atom. The topological polar surface area (TPSA) is 49.3 Å². The molecule has 0 aliphatic carbocycles. The number of nitrogens with one attached hydrogen (secondary N) is 1. The van der Waals surface area contributed by atoms with Gasteiger partial charge in [0.15, 0.2) is 0 Å². The van der Waals surface area contributed by atoms with E-state index >= 15 is 0 Å². The fourth-order valence-electron chi connectivity index (χ4n) is 1.38. The van der Waals surface area contributed by atoms with E-state index in [0.29, 0.717) is 19.0 Å². The summed E-state index contributed by atoms with van der Waals surface area (Å²) in [7, 11) is 0. The molecule has 0 bridgehead atoms. The third kappa shape index (κ3) is 4.48. The number of carbonyl (C=O) groups excluding carboxylic acids is 1. The molecule has 1 rings (SSSR count). The third-order valence-electron chi connectivity index (χ3n) is 2.30. The van der Waals surface area contributed by atoms with E-state index in [2.05, 4.69) is 5.32 Å². The zero-order chi connectivity index (χ0) is 12.7. The highest BCUT2D eigenvalue weighted by Crippen LogP contribution is 2.09. The molecular weight excluding hydrogens is 228 g/mol. The third-order valence-corrected chi connectivity index (χ3v) is 2.30. The second kappa shape index (κ2) is 6.96. The van der Waals surface area contributed by atoms with E-state index in [4.69, 9.17) is 5.11 Å². The Morgan fingerprint density at radius 1 is 1.24 bits per heavy atom. The van der Waals surface area contributed by atoms with Crippen molar-refractivity contribution in [2.45, 2.75) is 19.3 Å². The Hall–Kier alpha value is -1.49. The summed E-state index contributed by atoms with van der Waals surface area (Å²) < 4.78 is 25.8. The zero-order valence-electron chi connectivity index (χ0n) is 9.38. The van der Waals surface area contributed by atoms with E-state index < -0.39 is 17.5 Å². The Balaban J connectivity index is 2.42. The van der Waals surface area contributed by atoms with Crippen LogP contribution in [-0.4, -0.2) is 24.2 Å². The van der Waals surface area contributed by atoms with Crippen molar-refractivity contribution in [3.63, 3.8) is 0 Å². The van der Waals surface area contributed by atoms with Gasteiger partial charge in [0.05, 0.1) is 5.56 Å². The maximum absolute atomic E-state index is 13.2. The van der Waals surface area contributed by atoms with E-state index in [9.17, 15) is 13.6 Å². The molecule has 0 spiro atoms. The van der Waals surface area contributed by atoms with Crippen LogP contribution in [0.1, 0.15) is 29.6 Å². The number of hydrogen-bond acceptors (Lipinski definition) is 2. The SMILES string of the molecule is O=C(NCCCCCO)c1ccc(F)cc1F. The monoisotopic (exact) mass is 243 g/mol. The van der Waals surface area contributed by atoms with Gasteiger partial charge in [0.2, 0.25) is 0 Å². The van der Waals surface area contributed by atoms with Crippen molar-refractivity contribution in [2.75, 3.05) is 13.2 Å². The molecule has 0 saturated carbocycles. The van der Waals surface area contributed by atoms with Crippen molar-refractivity contribution >= 4 is 5.91 Å². The van der Waals surface area contributed by atoms with Crippen LogP contribution in [0, 0.1) is 11.6 Å². The lowest BCUT2D eigenvalue weighted by atomic mass is 10.2. The molecule has 0 atom stereocenters. The molecular formula is C12H15F2NO2. The van der Waals surface area contributed by atoms with Crippen LogP contribution in [0.3, 0.4) is 0 Å². The number of hydrogen-bond donors (Lipinski definition) is 2. The van der Waals surface area contributed by atoms with E-state index in [0.717, 1.165) is 25.0 Å². The molecule has 0 radical (unpaired) electrons. The molecule has 5 heteroatoms. The lowest BCUT2D eigenvalue weighted by molar-refractivity contribution is 0.0948. The molecule has 1 aromatic carbocycles. The largest absolute Gasteiger partial charge is 0.396 e. The van der Waals surface area contributed by atoms with Crippen molar-refractivity contribution in [3.05, 3.63) is 35.4 Å². The van der Waals surface area contributed by atoms with Crippen LogP contribution < -0.4 is 5.32 Å². The van der Waals surface area contributed by atoms with E-state index in [1.54, 1.807) is 0 Å². The van der Waals surface area contributed by atoms with Crippen molar-refractivity contribution in [2.24, 2.45) is 0 Å². The number of halogens is 2. The maximum atomic E-state index is 13.2. The first kappa shape index (κ1) is 13.6. The molecule has 0 aliphatic rings. The lowest BCUT2D eigenvalue weighted by Gasteiger charge is -2.05. The van der Waals surface area contributed by atoms with Crippen molar-refractivity contribution in [1.29, 1.82) is 0 Å². The van der Waals surface area contributed by atoms with Gasteiger partial charge < -0.3 is 10.4 Å². The van der Waals surface area contributed by atoms with Gasteiger partial charge in [-0.1, -0.05) is 0 Å². The van der Waals surface area contributed by atoms with Crippen LogP contribution in [0.4, 0.5) is 8.78 Å². The second-order valence-corrected chi connectivity index (χ2v) is 3.66. The Labute approximate surface area is 98.5 Å². The van der Waals surface area contributed by atoms with E-state index in [1.807, 2.05) is 0 Å². The van der Waals surface area contributed by atoms with Crippen LogP contribution in [0.25, 0.3) is 0 Å². The molecule has 3 nitrogen and oxygen atoms in total. The number of aliphatic hydroxyl groups excluding tert-OH is 1. The van der Waals surface area contributed by atoms with Gasteiger partial charge in [-0.3, -0.25) is 4.79 Å². The van der Waals surface area contributed by atoms with Gasteiger partial charge in [-0.25, -0.2) is 8.78 Å². The predicted octanol–water partition coefficient (Wildman–Crippen LogP) is 1.86. The van der Waals surface area contributed by atoms with E-state index in [1.165, 1.54) is 0 Å². The molecule has 0 heterocycles. The molecule has 1 amide bonds. The normalized spacial score (nSPS) is 10.3. The van der Waals surface area contributed by atoms with Gasteiger partial charge in [-0.15, -0.1) is 0 Å². The summed E-state index contributed by atoms with van der Waals surface area (Å²) in [4.78, 5) is 11.5. The highest BCUT2D eigenvalue weighted by Gasteiger charge is 2.11. The number of amides is 1. The zero-order valence-corrected chi connectivity index (χ0v) is 9.38. The molecule has 0 aromatic heterocycles. The Kier molecular flexibility index (Phi) is 5.56. The molecule has 0 saturated heterocycles. The lowest BCUT2D eigenvalue weighted by Crippen LogP contribution is -2.25. The van der Waals surface area contributed by atoms with Gasteiger partial charge in [-0.2, -0.15) is 0 Å². The van der Waals surface area contributed by atoms with Gasteiger partial charge in [0, 0.05) is 19.2 Å². The van der Waals surface area contributed by atoms with Gasteiger partial charge in [0.25, 0.3) is 5.91 Å². The number of benzene rings is 1. The molecule has 0 aliphatic heterocycles. The molecule has 0 unspecified atom stereocenters. The number of carbonyl (C=O) groups is 1. The van der Waals surface area contributed by atoms with Crippen molar-refractivity contribution < 1.29 is 18.7 Å². The number of aliphatic hydroxyl groups is 1. The summed E-state index contributed by atoms with van der Waals surface area (Å²) in [6.45, 7) is 0.538. The van der Waals surface area contributed by atoms with Crippen LogP contribution in [0.5, 0.6) is 0 Å². The highest BCUT2D eigenvalue weighted by atomic mass is 19.1. The van der Waals surface area contributed by atoms with E-state index in [-0.39, 0.29) is 12.2 Å². The van der Waals surface area contributed by atoms with Crippen LogP contribution in [0.2, 0.25) is 0 Å². The number of rotatable bonds is 6.